The average molecular weight is 379 g/mol. The van der Waals surface area contributed by atoms with Crippen LogP contribution in [0.2, 0.25) is 0 Å². The number of hydrogen-bond acceptors (Lipinski definition) is 6. The van der Waals surface area contributed by atoms with Gasteiger partial charge in [0.1, 0.15) is 24.0 Å². The molecule has 2 rings (SSSR count). The van der Waals surface area contributed by atoms with Crippen molar-refractivity contribution in [3.05, 3.63) is 70.8 Å². The Hall–Kier alpha value is -3.59. The number of ether oxygens (including phenoxy) is 3. The number of carbonyl (C=O) groups is 2. The number of benzene rings is 2. The van der Waals surface area contributed by atoms with Crippen LogP contribution < -0.4 is 4.74 Å². The van der Waals surface area contributed by atoms with E-state index in [1.54, 1.807) is 62.4 Å². The minimum absolute atomic E-state index is 0.104. The van der Waals surface area contributed by atoms with Crippen LogP contribution in [0.25, 0.3) is 6.08 Å². The summed E-state index contributed by atoms with van der Waals surface area (Å²) in [4.78, 5) is 23.5. The Morgan fingerprint density at radius 1 is 1.11 bits per heavy atom. The standard InChI is InChI=1S/C22H21NO5/c1-15(2)28-22(25)19(13-23)12-18-6-4-5-7-20(18)27-14-16-8-10-17(11-9-16)21(24)26-3/h4-12,15H,14H2,1-3H3/b19-12+. The Morgan fingerprint density at radius 3 is 2.39 bits per heavy atom. The Morgan fingerprint density at radius 2 is 1.79 bits per heavy atom. The molecule has 0 saturated heterocycles. The fraction of sp³-hybridized carbons (Fsp3) is 0.227. The molecule has 0 amide bonds. The zero-order valence-corrected chi connectivity index (χ0v) is 16.0. The van der Waals surface area contributed by atoms with E-state index >= 15 is 0 Å². The van der Waals surface area contributed by atoms with E-state index in [2.05, 4.69) is 4.74 Å². The Bertz CT molecular complexity index is 907. The second-order valence-electron chi connectivity index (χ2n) is 6.14. The van der Waals surface area contributed by atoms with E-state index in [-0.39, 0.29) is 18.3 Å². The third-order valence-electron chi connectivity index (χ3n) is 3.67. The van der Waals surface area contributed by atoms with Gasteiger partial charge in [0.15, 0.2) is 0 Å². The van der Waals surface area contributed by atoms with Crippen LogP contribution in [0.4, 0.5) is 0 Å². The predicted octanol–water partition coefficient (Wildman–Crippen LogP) is 3.91. The molecule has 0 heterocycles. The Kier molecular flexibility index (Phi) is 7.35. The van der Waals surface area contributed by atoms with E-state index in [0.29, 0.717) is 16.9 Å². The lowest BCUT2D eigenvalue weighted by Crippen LogP contribution is -2.12. The van der Waals surface area contributed by atoms with Crippen LogP contribution in [0, 0.1) is 11.3 Å². The van der Waals surface area contributed by atoms with Crippen molar-refractivity contribution in [2.75, 3.05) is 7.11 Å². The summed E-state index contributed by atoms with van der Waals surface area (Å²) in [6.45, 7) is 3.69. The van der Waals surface area contributed by atoms with Crippen LogP contribution in [-0.4, -0.2) is 25.2 Å². The van der Waals surface area contributed by atoms with Crippen LogP contribution >= 0.6 is 0 Å². The maximum absolute atomic E-state index is 12.0. The lowest BCUT2D eigenvalue weighted by atomic mass is 10.1. The third-order valence-corrected chi connectivity index (χ3v) is 3.67. The van der Waals surface area contributed by atoms with Gasteiger partial charge < -0.3 is 14.2 Å². The Balaban J connectivity index is 2.15. The number of hydrogen-bond donors (Lipinski definition) is 0. The molecular formula is C22H21NO5. The van der Waals surface area contributed by atoms with Crippen molar-refractivity contribution in [1.82, 2.24) is 0 Å². The largest absolute Gasteiger partial charge is 0.488 e. The molecule has 6 heteroatoms. The minimum atomic E-state index is -0.675. The van der Waals surface area contributed by atoms with Crippen molar-refractivity contribution < 1.29 is 23.8 Å². The first-order valence-electron chi connectivity index (χ1n) is 8.66. The number of para-hydroxylation sites is 1. The first-order chi connectivity index (χ1) is 13.4. The molecular weight excluding hydrogens is 358 g/mol. The second-order valence-corrected chi connectivity index (χ2v) is 6.14. The summed E-state index contributed by atoms with van der Waals surface area (Å²) in [6, 6.07) is 15.8. The highest BCUT2D eigenvalue weighted by molar-refractivity contribution is 5.98. The van der Waals surface area contributed by atoms with Gasteiger partial charge in [0.25, 0.3) is 0 Å². The second kappa shape index (κ2) is 9.93. The number of methoxy groups -OCH3 is 1. The lowest BCUT2D eigenvalue weighted by molar-refractivity contribution is -0.142. The molecule has 0 fully saturated rings. The van der Waals surface area contributed by atoms with Crippen molar-refractivity contribution in [3.63, 3.8) is 0 Å². The number of nitriles is 1. The number of carbonyl (C=O) groups excluding carboxylic acids is 2. The van der Waals surface area contributed by atoms with Crippen LogP contribution in [0.5, 0.6) is 5.75 Å². The highest BCUT2D eigenvalue weighted by atomic mass is 16.5. The summed E-state index contributed by atoms with van der Waals surface area (Å²) in [5.41, 5.74) is 1.79. The fourth-order valence-electron chi connectivity index (χ4n) is 2.32. The van der Waals surface area contributed by atoms with E-state index in [9.17, 15) is 14.9 Å². The van der Waals surface area contributed by atoms with Gasteiger partial charge in [0.2, 0.25) is 0 Å². The van der Waals surface area contributed by atoms with Gasteiger partial charge in [-0.1, -0.05) is 30.3 Å². The van der Waals surface area contributed by atoms with Crippen molar-refractivity contribution in [1.29, 1.82) is 5.26 Å². The number of rotatable bonds is 7. The predicted molar refractivity (Wildman–Crippen MR) is 103 cm³/mol. The van der Waals surface area contributed by atoms with E-state index in [1.807, 2.05) is 6.07 Å². The maximum atomic E-state index is 12.0. The van der Waals surface area contributed by atoms with Crippen LogP contribution in [0.1, 0.15) is 35.3 Å². The molecule has 0 aliphatic heterocycles. The van der Waals surface area contributed by atoms with Gasteiger partial charge in [-0.3, -0.25) is 0 Å². The van der Waals surface area contributed by atoms with Crippen molar-refractivity contribution in [2.45, 2.75) is 26.6 Å². The van der Waals surface area contributed by atoms with Crippen molar-refractivity contribution in [2.24, 2.45) is 0 Å². The SMILES string of the molecule is COC(=O)c1ccc(COc2ccccc2/C=C(\C#N)C(=O)OC(C)C)cc1. The van der Waals surface area contributed by atoms with E-state index < -0.39 is 11.9 Å². The molecule has 0 saturated carbocycles. The van der Waals surface area contributed by atoms with Crippen molar-refractivity contribution >= 4 is 18.0 Å². The molecule has 0 aliphatic rings. The van der Waals surface area contributed by atoms with Gasteiger partial charge in [0.05, 0.1) is 18.8 Å². The fourth-order valence-corrected chi connectivity index (χ4v) is 2.32. The minimum Gasteiger partial charge on any atom is -0.488 e. The van der Waals surface area contributed by atoms with Gasteiger partial charge in [-0.05, 0) is 43.7 Å². The summed E-state index contributed by atoms with van der Waals surface area (Å²) >= 11 is 0. The molecule has 28 heavy (non-hydrogen) atoms. The Labute approximate surface area is 164 Å². The van der Waals surface area contributed by atoms with Gasteiger partial charge in [-0.15, -0.1) is 0 Å². The molecule has 0 unspecified atom stereocenters. The van der Waals surface area contributed by atoms with E-state index in [0.717, 1.165) is 5.56 Å². The number of nitrogens with zero attached hydrogens (tertiary/aromatic N) is 1. The molecule has 0 aliphatic carbocycles. The first kappa shape index (κ1) is 20.7. The highest BCUT2D eigenvalue weighted by Crippen LogP contribution is 2.23. The molecule has 0 radical (unpaired) electrons. The van der Waals surface area contributed by atoms with E-state index in [4.69, 9.17) is 9.47 Å². The highest BCUT2D eigenvalue weighted by Gasteiger charge is 2.14. The molecule has 0 spiro atoms. The normalized spacial score (nSPS) is 10.9. The molecule has 2 aromatic rings. The molecule has 144 valence electrons. The summed E-state index contributed by atoms with van der Waals surface area (Å²) in [5.74, 6) is -0.560. The van der Waals surface area contributed by atoms with Gasteiger partial charge in [-0.2, -0.15) is 5.26 Å². The quantitative estimate of drug-likeness (QED) is 0.412. The lowest BCUT2D eigenvalue weighted by Gasteiger charge is -2.11. The maximum Gasteiger partial charge on any atom is 0.349 e. The first-order valence-corrected chi connectivity index (χ1v) is 8.66. The summed E-state index contributed by atoms with van der Waals surface area (Å²) < 4.78 is 15.6. The summed E-state index contributed by atoms with van der Waals surface area (Å²) in [6.07, 6.45) is 1.13. The van der Waals surface area contributed by atoms with Crippen LogP contribution in [0.15, 0.2) is 54.1 Å². The van der Waals surface area contributed by atoms with Crippen LogP contribution in [0.3, 0.4) is 0 Å². The van der Waals surface area contributed by atoms with Crippen molar-refractivity contribution in [3.8, 4) is 11.8 Å². The number of esters is 2. The van der Waals surface area contributed by atoms with Crippen LogP contribution in [-0.2, 0) is 20.9 Å². The topological polar surface area (TPSA) is 85.6 Å². The monoisotopic (exact) mass is 379 g/mol. The smallest absolute Gasteiger partial charge is 0.349 e. The van der Waals surface area contributed by atoms with Gasteiger partial charge in [-0.25, -0.2) is 9.59 Å². The summed E-state index contributed by atoms with van der Waals surface area (Å²) in [5, 5.41) is 9.26. The summed E-state index contributed by atoms with van der Waals surface area (Å²) in [7, 11) is 1.33. The average Bonchev–Trinajstić information content (AvgIpc) is 2.70. The van der Waals surface area contributed by atoms with Gasteiger partial charge >= 0.3 is 11.9 Å². The molecule has 0 N–H and O–H groups in total. The molecule has 2 aromatic carbocycles. The van der Waals surface area contributed by atoms with E-state index in [1.165, 1.54) is 13.2 Å². The molecule has 6 nitrogen and oxygen atoms in total. The molecule has 0 atom stereocenters. The molecule has 0 aromatic heterocycles. The molecule has 0 bridgehead atoms. The third kappa shape index (κ3) is 5.71. The zero-order valence-electron chi connectivity index (χ0n) is 16.0. The zero-order chi connectivity index (χ0) is 20.5. The van der Waals surface area contributed by atoms with Gasteiger partial charge in [0, 0.05) is 5.56 Å².